The van der Waals surface area contributed by atoms with Gasteiger partial charge in [-0.25, -0.2) is 4.98 Å². The van der Waals surface area contributed by atoms with Crippen LogP contribution >= 0.6 is 11.3 Å². The van der Waals surface area contributed by atoms with Gasteiger partial charge in [-0.3, -0.25) is 9.69 Å². The predicted molar refractivity (Wildman–Crippen MR) is 113 cm³/mol. The maximum absolute atomic E-state index is 12.5. The summed E-state index contributed by atoms with van der Waals surface area (Å²) < 4.78 is 0. The molecule has 1 N–H and O–H groups in total. The van der Waals surface area contributed by atoms with Crippen LogP contribution < -0.4 is 10.2 Å². The smallest absolute Gasteiger partial charge is 0.263 e. The van der Waals surface area contributed by atoms with E-state index in [1.807, 2.05) is 0 Å². The number of carbonyl (C=O) groups excluding carboxylic acids is 1. The number of hydrogen-bond acceptors (Lipinski definition) is 5. The summed E-state index contributed by atoms with van der Waals surface area (Å²) in [5.41, 5.74) is 2.77. The summed E-state index contributed by atoms with van der Waals surface area (Å²) >= 11 is 1.48. The Morgan fingerprint density at radius 3 is 2.63 bits per heavy atom. The van der Waals surface area contributed by atoms with Crippen LogP contribution in [0, 0.1) is 0 Å². The van der Waals surface area contributed by atoms with Crippen LogP contribution in [0.4, 0.5) is 5.13 Å². The van der Waals surface area contributed by atoms with Gasteiger partial charge in [0.25, 0.3) is 5.91 Å². The van der Waals surface area contributed by atoms with Crippen LogP contribution in [0.15, 0.2) is 30.5 Å². The Kier molecular flexibility index (Phi) is 6.50. The van der Waals surface area contributed by atoms with Gasteiger partial charge in [0.2, 0.25) is 0 Å². The molecule has 2 heterocycles. The number of fused-ring (bicyclic) bond motifs is 1. The van der Waals surface area contributed by atoms with Gasteiger partial charge in [0.1, 0.15) is 4.88 Å². The van der Waals surface area contributed by atoms with Crippen molar-refractivity contribution in [2.75, 3.05) is 24.5 Å². The van der Waals surface area contributed by atoms with E-state index in [9.17, 15) is 4.79 Å². The molecule has 1 aliphatic heterocycles. The Bertz CT molecular complexity index is 763. The molecule has 1 amide bonds. The monoisotopic (exact) mass is 386 g/mol. The largest absolute Gasteiger partial charge is 0.350 e. The van der Waals surface area contributed by atoms with Crippen molar-refractivity contribution in [2.24, 2.45) is 0 Å². The summed E-state index contributed by atoms with van der Waals surface area (Å²) in [6.07, 6.45) is 2.73. The fourth-order valence-corrected chi connectivity index (χ4v) is 4.53. The van der Waals surface area contributed by atoms with Crippen LogP contribution in [0.1, 0.15) is 48.5 Å². The van der Waals surface area contributed by atoms with Gasteiger partial charge in [0.05, 0.1) is 6.20 Å². The Morgan fingerprint density at radius 1 is 1.22 bits per heavy atom. The fourth-order valence-electron chi connectivity index (χ4n) is 3.67. The molecule has 0 bridgehead atoms. The Morgan fingerprint density at radius 2 is 1.93 bits per heavy atom. The highest BCUT2D eigenvalue weighted by molar-refractivity contribution is 7.17. The van der Waals surface area contributed by atoms with Gasteiger partial charge in [-0.15, -0.1) is 0 Å². The molecule has 2 aromatic rings. The molecule has 0 saturated heterocycles. The second kappa shape index (κ2) is 8.85. The topological polar surface area (TPSA) is 48.5 Å². The molecule has 0 saturated carbocycles. The first-order valence-electron chi connectivity index (χ1n) is 9.77. The second-order valence-corrected chi connectivity index (χ2v) is 8.64. The predicted octanol–water partition coefficient (Wildman–Crippen LogP) is 3.55. The third-order valence-electron chi connectivity index (χ3n) is 5.10. The normalized spacial score (nSPS) is 14.1. The van der Waals surface area contributed by atoms with Gasteiger partial charge in [0.15, 0.2) is 5.13 Å². The molecule has 0 fully saturated rings. The van der Waals surface area contributed by atoms with E-state index in [0.717, 1.165) is 31.2 Å². The van der Waals surface area contributed by atoms with Crippen LogP contribution in [0.2, 0.25) is 0 Å². The number of aromatic nitrogens is 1. The maximum Gasteiger partial charge on any atom is 0.263 e. The van der Waals surface area contributed by atoms with Crippen molar-refractivity contribution in [3.8, 4) is 0 Å². The van der Waals surface area contributed by atoms with Crippen molar-refractivity contribution in [2.45, 2.75) is 52.7 Å². The third kappa shape index (κ3) is 4.87. The van der Waals surface area contributed by atoms with Gasteiger partial charge >= 0.3 is 0 Å². The standard InChI is InChI=1S/C21H30N4OS/c1-15(2)25(16(3)4)12-10-22-20(26)19-13-23-21(27-19)24-11-9-17-7-5-6-8-18(17)14-24/h5-8,13,15-16H,9-12,14H2,1-4H3,(H,22,26). The lowest BCUT2D eigenvalue weighted by Crippen LogP contribution is -2.42. The number of thiazole rings is 1. The van der Waals surface area contributed by atoms with Gasteiger partial charge in [-0.2, -0.15) is 0 Å². The lowest BCUT2D eigenvalue weighted by molar-refractivity contribution is 0.0943. The lowest BCUT2D eigenvalue weighted by atomic mass is 10.0. The quantitative estimate of drug-likeness (QED) is 0.790. The van der Waals surface area contributed by atoms with Crippen molar-refractivity contribution in [1.82, 2.24) is 15.2 Å². The summed E-state index contributed by atoms with van der Waals surface area (Å²) in [6.45, 7) is 12.1. The minimum absolute atomic E-state index is 0.0244. The minimum atomic E-state index is -0.0244. The zero-order valence-electron chi connectivity index (χ0n) is 16.7. The molecule has 27 heavy (non-hydrogen) atoms. The van der Waals surface area contributed by atoms with E-state index in [-0.39, 0.29) is 5.91 Å². The Hall–Kier alpha value is -1.92. The summed E-state index contributed by atoms with van der Waals surface area (Å²) in [7, 11) is 0. The third-order valence-corrected chi connectivity index (χ3v) is 6.16. The molecule has 0 radical (unpaired) electrons. The molecule has 3 rings (SSSR count). The van der Waals surface area contributed by atoms with E-state index in [2.05, 4.69) is 72.1 Å². The van der Waals surface area contributed by atoms with Crippen molar-refractivity contribution >= 4 is 22.4 Å². The van der Waals surface area contributed by atoms with Crippen LogP contribution in [0.25, 0.3) is 0 Å². The number of amides is 1. The Balaban J connectivity index is 1.55. The fraction of sp³-hybridized carbons (Fsp3) is 0.524. The van der Waals surface area contributed by atoms with Crippen molar-refractivity contribution in [1.29, 1.82) is 0 Å². The van der Waals surface area contributed by atoms with Gasteiger partial charge in [-0.1, -0.05) is 35.6 Å². The number of nitrogens with zero attached hydrogens (tertiary/aromatic N) is 3. The van der Waals surface area contributed by atoms with Crippen LogP contribution in [0.5, 0.6) is 0 Å². The number of carbonyl (C=O) groups is 1. The minimum Gasteiger partial charge on any atom is -0.350 e. The van der Waals surface area contributed by atoms with E-state index in [1.54, 1.807) is 6.20 Å². The number of anilines is 1. The second-order valence-electron chi connectivity index (χ2n) is 7.63. The molecule has 5 nitrogen and oxygen atoms in total. The SMILES string of the molecule is CC(C)N(CCNC(=O)c1cnc(N2CCc3ccccc3C2)s1)C(C)C. The van der Waals surface area contributed by atoms with E-state index in [1.165, 1.54) is 22.5 Å². The molecule has 0 aliphatic carbocycles. The van der Waals surface area contributed by atoms with Crippen LogP contribution in [-0.2, 0) is 13.0 Å². The highest BCUT2D eigenvalue weighted by Crippen LogP contribution is 2.28. The summed E-state index contributed by atoms with van der Waals surface area (Å²) in [5, 5.41) is 3.97. The van der Waals surface area contributed by atoms with E-state index in [4.69, 9.17) is 0 Å². The van der Waals surface area contributed by atoms with E-state index in [0.29, 0.717) is 23.5 Å². The first-order valence-corrected chi connectivity index (χ1v) is 10.6. The Labute approximate surface area is 166 Å². The van der Waals surface area contributed by atoms with Gasteiger partial charge < -0.3 is 10.2 Å². The van der Waals surface area contributed by atoms with Crippen LogP contribution in [0.3, 0.4) is 0 Å². The highest BCUT2D eigenvalue weighted by atomic mass is 32.1. The first kappa shape index (κ1) is 19.8. The average molecular weight is 387 g/mol. The zero-order valence-corrected chi connectivity index (χ0v) is 17.6. The average Bonchev–Trinajstić information content (AvgIpc) is 3.14. The van der Waals surface area contributed by atoms with Gasteiger partial charge in [0, 0.05) is 38.3 Å². The molecule has 1 aromatic carbocycles. The van der Waals surface area contributed by atoms with Crippen molar-refractivity contribution in [3.05, 3.63) is 46.5 Å². The number of benzene rings is 1. The molecule has 6 heteroatoms. The molecule has 0 spiro atoms. The van der Waals surface area contributed by atoms with Crippen molar-refractivity contribution in [3.63, 3.8) is 0 Å². The lowest BCUT2D eigenvalue weighted by Gasteiger charge is -2.30. The zero-order chi connectivity index (χ0) is 19.4. The molecular weight excluding hydrogens is 356 g/mol. The molecule has 1 aliphatic rings. The number of rotatable bonds is 7. The maximum atomic E-state index is 12.5. The molecule has 0 atom stereocenters. The molecule has 0 unspecified atom stereocenters. The molecule has 1 aromatic heterocycles. The van der Waals surface area contributed by atoms with Crippen molar-refractivity contribution < 1.29 is 4.79 Å². The first-order chi connectivity index (χ1) is 13.0. The molecule has 146 valence electrons. The molecular formula is C21H30N4OS. The summed E-state index contributed by atoms with van der Waals surface area (Å²) in [6, 6.07) is 9.50. The highest BCUT2D eigenvalue weighted by Gasteiger charge is 2.20. The summed E-state index contributed by atoms with van der Waals surface area (Å²) in [5.74, 6) is -0.0244. The van der Waals surface area contributed by atoms with E-state index < -0.39 is 0 Å². The van der Waals surface area contributed by atoms with Gasteiger partial charge in [-0.05, 0) is 45.2 Å². The van der Waals surface area contributed by atoms with Crippen LogP contribution in [-0.4, -0.2) is 47.5 Å². The summed E-state index contributed by atoms with van der Waals surface area (Å²) in [4.78, 5) is 22.3. The van der Waals surface area contributed by atoms with E-state index >= 15 is 0 Å². The number of hydrogen-bond donors (Lipinski definition) is 1. The number of nitrogens with one attached hydrogen (secondary N) is 1.